The summed E-state index contributed by atoms with van der Waals surface area (Å²) in [6.07, 6.45) is 89.2. The number of hydrogen-bond donors (Lipinski definition) is 0. The molecule has 6 nitrogen and oxygen atoms in total. The molecule has 0 aliphatic heterocycles. The highest BCUT2D eigenvalue weighted by Gasteiger charge is 2.19. The van der Waals surface area contributed by atoms with Crippen molar-refractivity contribution in [1.29, 1.82) is 0 Å². The van der Waals surface area contributed by atoms with Gasteiger partial charge in [0.05, 0.1) is 0 Å². The van der Waals surface area contributed by atoms with Gasteiger partial charge in [0.25, 0.3) is 0 Å². The monoisotopic (exact) mass is 1120 g/mol. The number of unbranched alkanes of at least 4 members (excludes halogenated alkanes) is 41. The van der Waals surface area contributed by atoms with Gasteiger partial charge in [0.15, 0.2) is 6.10 Å². The van der Waals surface area contributed by atoms with Crippen molar-refractivity contribution >= 4 is 17.9 Å². The van der Waals surface area contributed by atoms with E-state index in [9.17, 15) is 14.4 Å². The molecule has 0 rings (SSSR count). The van der Waals surface area contributed by atoms with Crippen LogP contribution in [0.3, 0.4) is 0 Å². The molecule has 0 N–H and O–H groups in total. The minimum absolute atomic E-state index is 0.0777. The van der Waals surface area contributed by atoms with Crippen LogP contribution >= 0.6 is 0 Å². The van der Waals surface area contributed by atoms with E-state index in [4.69, 9.17) is 14.2 Å². The van der Waals surface area contributed by atoms with Crippen LogP contribution in [0.15, 0.2) is 72.9 Å². The first kappa shape index (κ1) is 76.9. The number of esters is 3. The van der Waals surface area contributed by atoms with Gasteiger partial charge < -0.3 is 14.2 Å². The average molecular weight is 1120 g/mol. The van der Waals surface area contributed by atoms with Gasteiger partial charge in [-0.2, -0.15) is 0 Å². The van der Waals surface area contributed by atoms with E-state index in [2.05, 4.69) is 93.7 Å². The van der Waals surface area contributed by atoms with E-state index >= 15 is 0 Å². The maximum absolute atomic E-state index is 13.0. The number of carbonyl (C=O) groups is 3. The average Bonchev–Trinajstić information content (AvgIpc) is 3.46. The summed E-state index contributed by atoms with van der Waals surface area (Å²) in [6, 6.07) is 0. The summed E-state index contributed by atoms with van der Waals surface area (Å²) in [5.74, 6) is -0.869. The third-order valence-corrected chi connectivity index (χ3v) is 15.4. The predicted molar refractivity (Wildman–Crippen MR) is 348 cm³/mol. The Morgan fingerprint density at radius 1 is 0.263 bits per heavy atom. The second kappa shape index (κ2) is 68.3. The third kappa shape index (κ3) is 65.7. The molecule has 0 aromatic carbocycles. The molecule has 0 radical (unpaired) electrons. The summed E-state index contributed by atoms with van der Waals surface area (Å²) in [4.78, 5) is 38.4. The van der Waals surface area contributed by atoms with Crippen LogP contribution in [0, 0.1) is 0 Å². The Labute approximate surface area is 497 Å². The SMILES string of the molecule is CC/C=C\C/C=C\C/C=C\C/C=C\C/C=C\CCCCCCCCCCCC(=O)OCC(COC(=O)CCCCCCC/C=C\CCCCCCCC)OC(=O)CCCCCCCCCCCCCCCCCCCCCCCC. The predicted octanol–water partition coefficient (Wildman–Crippen LogP) is 24.1. The van der Waals surface area contributed by atoms with Crippen molar-refractivity contribution in [2.75, 3.05) is 13.2 Å². The highest BCUT2D eigenvalue weighted by atomic mass is 16.6. The van der Waals surface area contributed by atoms with Crippen molar-refractivity contribution in [1.82, 2.24) is 0 Å². The molecule has 0 heterocycles. The molecule has 1 atom stereocenters. The Balaban J connectivity index is 4.32. The topological polar surface area (TPSA) is 78.9 Å². The van der Waals surface area contributed by atoms with Gasteiger partial charge in [-0.15, -0.1) is 0 Å². The molecule has 464 valence electrons. The molecule has 0 saturated carbocycles. The van der Waals surface area contributed by atoms with Gasteiger partial charge in [-0.1, -0.05) is 325 Å². The zero-order valence-electron chi connectivity index (χ0n) is 53.3. The van der Waals surface area contributed by atoms with E-state index in [0.29, 0.717) is 19.3 Å². The summed E-state index contributed by atoms with van der Waals surface area (Å²) in [5, 5.41) is 0. The van der Waals surface area contributed by atoms with Crippen LogP contribution in [-0.4, -0.2) is 37.2 Å². The number of rotatable bonds is 64. The lowest BCUT2D eigenvalue weighted by Crippen LogP contribution is -2.30. The third-order valence-electron chi connectivity index (χ3n) is 15.4. The molecule has 0 aliphatic rings. The molecule has 6 heteroatoms. The number of allylic oxidation sites excluding steroid dienone is 12. The highest BCUT2D eigenvalue weighted by molar-refractivity contribution is 5.71. The Hall–Kier alpha value is -3.15. The van der Waals surface area contributed by atoms with E-state index in [-0.39, 0.29) is 31.1 Å². The zero-order valence-corrected chi connectivity index (χ0v) is 53.3. The van der Waals surface area contributed by atoms with Crippen LogP contribution in [0.4, 0.5) is 0 Å². The number of ether oxygens (including phenoxy) is 3. The van der Waals surface area contributed by atoms with Crippen molar-refractivity contribution in [2.24, 2.45) is 0 Å². The van der Waals surface area contributed by atoms with E-state index < -0.39 is 6.10 Å². The van der Waals surface area contributed by atoms with Gasteiger partial charge >= 0.3 is 17.9 Å². The van der Waals surface area contributed by atoms with Crippen LogP contribution in [0.2, 0.25) is 0 Å². The van der Waals surface area contributed by atoms with Crippen LogP contribution in [0.5, 0.6) is 0 Å². The number of carbonyl (C=O) groups excluding carboxylic acids is 3. The lowest BCUT2D eigenvalue weighted by molar-refractivity contribution is -0.167. The normalized spacial score (nSPS) is 12.5. The van der Waals surface area contributed by atoms with E-state index in [1.807, 2.05) is 0 Å². The minimum atomic E-state index is -0.781. The van der Waals surface area contributed by atoms with E-state index in [1.54, 1.807) is 0 Å². The van der Waals surface area contributed by atoms with Crippen molar-refractivity contribution < 1.29 is 28.6 Å². The van der Waals surface area contributed by atoms with Crippen LogP contribution < -0.4 is 0 Å². The quantitative estimate of drug-likeness (QED) is 0.0261. The molecular formula is C74H132O6. The molecule has 0 fully saturated rings. The Kier molecular flexibility index (Phi) is 65.7. The lowest BCUT2D eigenvalue weighted by atomic mass is 10.0. The summed E-state index contributed by atoms with van der Waals surface area (Å²) in [6.45, 7) is 6.57. The Morgan fingerprint density at radius 3 is 0.775 bits per heavy atom. The molecule has 0 aromatic rings. The summed E-state index contributed by atoms with van der Waals surface area (Å²) < 4.78 is 17.0. The second-order valence-electron chi connectivity index (χ2n) is 23.4. The molecule has 0 spiro atoms. The largest absolute Gasteiger partial charge is 0.462 e. The van der Waals surface area contributed by atoms with Gasteiger partial charge in [0, 0.05) is 19.3 Å². The second-order valence-corrected chi connectivity index (χ2v) is 23.4. The standard InChI is InChI=1S/C74H132O6/c1-4-7-10-13-16-19-22-25-28-30-32-34-36-37-38-40-41-43-46-49-52-55-58-61-64-67-73(76)79-70-71(69-78-72(75)66-63-60-57-54-51-48-45-27-24-21-18-15-12-9-6-3)80-74(77)68-65-62-59-56-53-50-47-44-42-39-35-33-31-29-26-23-20-17-14-11-8-5-2/h7,10,16,19,25,27-28,32,34,37-38,45,71H,4-6,8-9,11-15,17-18,20-24,26,29-31,33,35-36,39-44,46-70H2,1-3H3/b10-7-,19-16-,28-25-,34-32-,38-37-,45-27-. The van der Waals surface area contributed by atoms with Crippen LogP contribution in [-0.2, 0) is 28.6 Å². The van der Waals surface area contributed by atoms with Crippen molar-refractivity contribution in [2.45, 2.75) is 367 Å². The Morgan fingerprint density at radius 2 is 0.487 bits per heavy atom. The molecule has 0 aliphatic carbocycles. The van der Waals surface area contributed by atoms with E-state index in [1.165, 1.54) is 218 Å². The molecular weight excluding hydrogens is 985 g/mol. The van der Waals surface area contributed by atoms with Gasteiger partial charge in [-0.25, -0.2) is 0 Å². The van der Waals surface area contributed by atoms with Gasteiger partial charge in [0.2, 0.25) is 0 Å². The van der Waals surface area contributed by atoms with Crippen molar-refractivity contribution in [3.8, 4) is 0 Å². The maximum atomic E-state index is 13.0. The first-order valence-electron chi connectivity index (χ1n) is 34.9. The fraction of sp³-hybridized carbons (Fsp3) is 0.797. The van der Waals surface area contributed by atoms with Gasteiger partial charge in [-0.05, 0) is 89.9 Å². The first-order chi connectivity index (χ1) is 39.5. The van der Waals surface area contributed by atoms with Gasteiger partial charge in [0.1, 0.15) is 13.2 Å². The van der Waals surface area contributed by atoms with E-state index in [0.717, 1.165) is 103 Å². The maximum Gasteiger partial charge on any atom is 0.306 e. The fourth-order valence-corrected chi connectivity index (χ4v) is 10.2. The molecule has 1 unspecified atom stereocenters. The number of hydrogen-bond acceptors (Lipinski definition) is 6. The summed E-state index contributed by atoms with van der Waals surface area (Å²) >= 11 is 0. The molecule has 80 heavy (non-hydrogen) atoms. The van der Waals surface area contributed by atoms with Gasteiger partial charge in [-0.3, -0.25) is 14.4 Å². The summed E-state index contributed by atoms with van der Waals surface area (Å²) in [5.41, 5.74) is 0. The van der Waals surface area contributed by atoms with Crippen LogP contribution in [0.1, 0.15) is 361 Å². The lowest BCUT2D eigenvalue weighted by Gasteiger charge is -2.18. The van der Waals surface area contributed by atoms with Crippen LogP contribution in [0.25, 0.3) is 0 Å². The van der Waals surface area contributed by atoms with Crippen molar-refractivity contribution in [3.63, 3.8) is 0 Å². The van der Waals surface area contributed by atoms with Crippen molar-refractivity contribution in [3.05, 3.63) is 72.9 Å². The molecule has 0 bridgehead atoms. The minimum Gasteiger partial charge on any atom is -0.462 e. The smallest absolute Gasteiger partial charge is 0.306 e. The molecule has 0 aromatic heterocycles. The molecule has 0 amide bonds. The summed E-state index contributed by atoms with van der Waals surface area (Å²) in [7, 11) is 0. The fourth-order valence-electron chi connectivity index (χ4n) is 10.2. The highest BCUT2D eigenvalue weighted by Crippen LogP contribution is 2.18. The first-order valence-corrected chi connectivity index (χ1v) is 34.9. The molecule has 0 saturated heterocycles. The Bertz CT molecular complexity index is 1470. The zero-order chi connectivity index (χ0) is 57.8.